The topological polar surface area (TPSA) is 24.3 Å². The summed E-state index contributed by atoms with van der Waals surface area (Å²) < 4.78 is 2.26. The van der Waals surface area contributed by atoms with Crippen LogP contribution in [0.25, 0.3) is 27.6 Å². The van der Waals surface area contributed by atoms with Gasteiger partial charge < -0.3 is 14.4 Å². The zero-order valence-corrected chi connectivity index (χ0v) is 28.3. The molecule has 2 aromatic heterocycles. The van der Waals surface area contributed by atoms with Crippen LogP contribution in [0.3, 0.4) is 0 Å². The Labute approximate surface area is 285 Å². The van der Waals surface area contributed by atoms with Crippen LogP contribution in [0.5, 0.6) is 0 Å². The molecular formula is C41H33N4Pt-3. The van der Waals surface area contributed by atoms with Gasteiger partial charge in [-0.1, -0.05) is 74.8 Å². The first kappa shape index (κ1) is 30.0. The number of anilines is 4. The smallest absolute Gasteiger partial charge is 0.135 e. The Morgan fingerprint density at radius 1 is 0.674 bits per heavy atom. The summed E-state index contributed by atoms with van der Waals surface area (Å²) >= 11 is 0. The first-order chi connectivity index (χ1) is 21.9. The molecule has 4 nitrogen and oxygen atoms in total. The predicted octanol–water partition coefficient (Wildman–Crippen LogP) is 10.1. The molecule has 0 amide bonds. The van der Waals surface area contributed by atoms with Gasteiger partial charge in [0.25, 0.3) is 0 Å². The molecule has 0 unspecified atom stereocenters. The predicted molar refractivity (Wildman–Crippen MR) is 186 cm³/mol. The van der Waals surface area contributed by atoms with Gasteiger partial charge in [0.1, 0.15) is 5.82 Å². The molecule has 0 bridgehead atoms. The SMILES string of the molecule is CC(C)(C)c1ccnc(-n2c3[c-]c(Cc4[c-]c(N5[CH-]N(c6ccccc6)c6ccccc65)ccc4)ccc3c3ccccc32)c1.[Pt]. The standard InChI is InChI=1S/C41H33N4.Pt/c1-41(2,3)31-22-23-42-40(27-31)45-36-17-8-7-16-34(36)35-21-20-30(26-39(35)45)24-29-12-11-15-33(25-29)44-28-43(32-13-5-4-6-14-32)37-18-9-10-19-38(37)44;/h4-23,27-28H,24H2,1-3H3;/q-3;. The zero-order chi connectivity index (χ0) is 30.5. The summed E-state index contributed by atoms with van der Waals surface area (Å²) in [5.41, 5.74) is 10.1. The van der Waals surface area contributed by atoms with Crippen molar-refractivity contribution in [3.05, 3.63) is 163 Å². The third-order valence-corrected chi connectivity index (χ3v) is 8.63. The normalized spacial score (nSPS) is 12.8. The average Bonchev–Trinajstić information content (AvgIpc) is 3.61. The van der Waals surface area contributed by atoms with Gasteiger partial charge in [-0.15, -0.1) is 17.7 Å². The van der Waals surface area contributed by atoms with E-state index in [4.69, 9.17) is 4.98 Å². The van der Waals surface area contributed by atoms with Gasteiger partial charge in [-0.05, 0) is 65.3 Å². The minimum atomic E-state index is 0. The molecule has 0 N–H and O–H groups in total. The van der Waals surface area contributed by atoms with Gasteiger partial charge in [-0.25, -0.2) is 4.98 Å². The van der Waals surface area contributed by atoms with Crippen LogP contribution in [0.2, 0.25) is 0 Å². The van der Waals surface area contributed by atoms with Gasteiger partial charge in [0.15, 0.2) is 0 Å². The Bertz CT molecular complexity index is 2180. The van der Waals surface area contributed by atoms with Gasteiger partial charge in [-0.3, -0.25) is 0 Å². The Kier molecular flexibility index (Phi) is 7.78. The van der Waals surface area contributed by atoms with Gasteiger partial charge in [-0.2, -0.15) is 53.6 Å². The van der Waals surface area contributed by atoms with Gasteiger partial charge in [0.2, 0.25) is 0 Å². The van der Waals surface area contributed by atoms with Crippen molar-refractivity contribution in [2.75, 3.05) is 9.80 Å². The summed E-state index contributed by atoms with van der Waals surface area (Å²) in [5.74, 6) is 0.918. The Morgan fingerprint density at radius 3 is 2.20 bits per heavy atom. The van der Waals surface area contributed by atoms with E-state index < -0.39 is 0 Å². The van der Waals surface area contributed by atoms with E-state index in [1.165, 1.54) is 16.3 Å². The van der Waals surface area contributed by atoms with Gasteiger partial charge in [0, 0.05) is 49.8 Å². The van der Waals surface area contributed by atoms with E-state index in [1.807, 2.05) is 12.3 Å². The molecule has 0 spiro atoms. The maximum Gasteiger partial charge on any atom is 0.135 e. The molecule has 0 aliphatic carbocycles. The second kappa shape index (κ2) is 11.9. The van der Waals surface area contributed by atoms with Crippen LogP contribution < -0.4 is 9.80 Å². The van der Waals surface area contributed by atoms with E-state index >= 15 is 0 Å². The summed E-state index contributed by atoms with van der Waals surface area (Å²) in [5, 5.41) is 2.39. The minimum absolute atomic E-state index is 0. The van der Waals surface area contributed by atoms with E-state index in [9.17, 15) is 0 Å². The molecule has 1 aliphatic heterocycles. The fourth-order valence-electron chi connectivity index (χ4n) is 6.33. The Morgan fingerprint density at radius 2 is 1.39 bits per heavy atom. The third-order valence-electron chi connectivity index (χ3n) is 8.63. The summed E-state index contributed by atoms with van der Waals surface area (Å²) in [6, 6.07) is 50.2. The van der Waals surface area contributed by atoms with Crippen molar-refractivity contribution in [1.82, 2.24) is 9.55 Å². The molecule has 230 valence electrons. The second-order valence-corrected chi connectivity index (χ2v) is 12.7. The minimum Gasteiger partial charge on any atom is -0.493 e. The molecule has 0 saturated carbocycles. The Balaban J connectivity index is 0.00000338. The van der Waals surface area contributed by atoms with Crippen LogP contribution in [0.15, 0.2) is 128 Å². The second-order valence-electron chi connectivity index (χ2n) is 12.7. The van der Waals surface area contributed by atoms with E-state index in [-0.39, 0.29) is 26.5 Å². The van der Waals surface area contributed by atoms with Crippen molar-refractivity contribution in [3.8, 4) is 5.82 Å². The fraction of sp³-hybridized carbons (Fsp3) is 0.122. The summed E-state index contributed by atoms with van der Waals surface area (Å²) in [6.07, 6.45) is 2.64. The third kappa shape index (κ3) is 5.31. The molecule has 7 aromatic rings. The monoisotopic (exact) mass is 776 g/mol. The summed E-state index contributed by atoms with van der Waals surface area (Å²) in [4.78, 5) is 9.30. The van der Waals surface area contributed by atoms with Gasteiger partial charge in [0.05, 0.1) is 0 Å². The van der Waals surface area contributed by atoms with Crippen molar-refractivity contribution >= 4 is 44.6 Å². The van der Waals surface area contributed by atoms with Crippen molar-refractivity contribution in [2.45, 2.75) is 32.6 Å². The van der Waals surface area contributed by atoms with E-state index in [2.05, 4.69) is 169 Å². The molecule has 1 aliphatic rings. The summed E-state index contributed by atoms with van der Waals surface area (Å²) in [6.45, 7) is 8.88. The molecule has 0 atom stereocenters. The van der Waals surface area contributed by atoms with E-state index in [0.717, 1.165) is 57.1 Å². The van der Waals surface area contributed by atoms with E-state index in [0.29, 0.717) is 0 Å². The molecule has 0 fully saturated rings. The van der Waals surface area contributed by atoms with Crippen LogP contribution in [-0.2, 0) is 32.9 Å². The fourth-order valence-corrected chi connectivity index (χ4v) is 6.33. The first-order valence-electron chi connectivity index (χ1n) is 15.4. The molecule has 3 heterocycles. The van der Waals surface area contributed by atoms with Crippen LogP contribution in [-0.4, -0.2) is 9.55 Å². The van der Waals surface area contributed by atoms with Crippen LogP contribution in [0.4, 0.5) is 22.7 Å². The Hall–Kier alpha value is -4.66. The molecule has 8 rings (SSSR count). The number of hydrogen-bond acceptors (Lipinski definition) is 3. The van der Waals surface area contributed by atoms with Crippen LogP contribution in [0.1, 0.15) is 37.5 Å². The molecule has 5 aromatic carbocycles. The largest absolute Gasteiger partial charge is 0.493 e. The number of pyridine rings is 1. The van der Waals surface area contributed by atoms with Crippen molar-refractivity contribution in [3.63, 3.8) is 0 Å². The molecule has 0 saturated heterocycles. The maximum atomic E-state index is 4.84. The zero-order valence-electron chi connectivity index (χ0n) is 26.0. The first-order valence-corrected chi connectivity index (χ1v) is 15.4. The van der Waals surface area contributed by atoms with Crippen molar-refractivity contribution in [1.29, 1.82) is 0 Å². The maximum absolute atomic E-state index is 4.84. The number of nitrogens with zero attached hydrogens (tertiary/aromatic N) is 4. The van der Waals surface area contributed by atoms with Gasteiger partial charge >= 0.3 is 0 Å². The number of aromatic nitrogens is 2. The molecule has 46 heavy (non-hydrogen) atoms. The molecule has 0 radical (unpaired) electrons. The van der Waals surface area contributed by atoms with Crippen molar-refractivity contribution < 1.29 is 21.1 Å². The van der Waals surface area contributed by atoms with Crippen LogP contribution >= 0.6 is 0 Å². The molecular weight excluding hydrogens is 744 g/mol. The van der Waals surface area contributed by atoms with Crippen LogP contribution in [0, 0.1) is 18.8 Å². The summed E-state index contributed by atoms with van der Waals surface area (Å²) in [7, 11) is 0. The van der Waals surface area contributed by atoms with Crippen molar-refractivity contribution in [2.24, 2.45) is 0 Å². The quantitative estimate of drug-likeness (QED) is 0.163. The molecule has 5 heteroatoms. The number of rotatable bonds is 5. The number of para-hydroxylation sites is 4. The number of fused-ring (bicyclic) bond motifs is 4. The average molecular weight is 777 g/mol. The number of benzene rings is 5. The number of hydrogen-bond donors (Lipinski definition) is 0. The van der Waals surface area contributed by atoms with E-state index in [1.54, 1.807) is 0 Å².